The molecule has 2 aromatic heterocycles. The van der Waals surface area contributed by atoms with Crippen molar-refractivity contribution >= 4 is 51.4 Å². The smallest absolute Gasteiger partial charge is 0.870 e. The van der Waals surface area contributed by atoms with Crippen LogP contribution in [0, 0.1) is 23.7 Å². The number of esters is 2. The molecule has 6 heterocycles. The molecular weight excluding hydrogens is 1060 g/mol. The third kappa shape index (κ3) is 13.2. The molecule has 3 N–H and O–H groups in total. The van der Waals surface area contributed by atoms with E-state index in [0.29, 0.717) is 47.3 Å². The number of para-hydroxylation sites is 4. The second-order valence-electron chi connectivity index (χ2n) is 24.3. The molecule has 4 aromatic rings. The van der Waals surface area contributed by atoms with Crippen molar-refractivity contribution in [1.29, 1.82) is 0 Å². The molecule has 4 aliphatic heterocycles. The Labute approximate surface area is 500 Å². The van der Waals surface area contributed by atoms with E-state index >= 15 is 0 Å². The largest absolute Gasteiger partial charge is 1.00 e. The summed E-state index contributed by atoms with van der Waals surface area (Å²) in [4.78, 5) is 89.0. The van der Waals surface area contributed by atoms with E-state index in [-0.39, 0.29) is 96.2 Å². The molecule has 82 heavy (non-hydrogen) atoms. The molecule has 0 amide bonds. The minimum absolute atomic E-state index is 0. The zero-order chi connectivity index (χ0) is 55.4. The number of carboxylic acids is 1. The molecule has 8 aliphatic rings. The first-order valence-corrected chi connectivity index (χ1v) is 30.0. The van der Waals surface area contributed by atoms with E-state index in [4.69, 9.17) is 24.3 Å². The summed E-state index contributed by atoms with van der Waals surface area (Å²) in [5, 5.41) is 26.5. The number of piperidine rings is 4. The number of methoxy groups -OCH3 is 1. The van der Waals surface area contributed by atoms with Gasteiger partial charge in [0.15, 0.2) is 18.0 Å². The molecule has 10 atom stereocenters. The summed E-state index contributed by atoms with van der Waals surface area (Å²) in [6.07, 6.45) is 27.1. The van der Waals surface area contributed by atoms with Gasteiger partial charge in [0.25, 0.3) is 11.1 Å². The molecule has 4 saturated carbocycles. The summed E-state index contributed by atoms with van der Waals surface area (Å²) in [7, 11) is 1.23. The first kappa shape index (κ1) is 61.5. The van der Waals surface area contributed by atoms with Gasteiger partial charge in [-0.2, -0.15) is 0 Å². The van der Waals surface area contributed by atoms with Crippen molar-refractivity contribution in [2.45, 2.75) is 197 Å². The molecular formula is C61H81N8NaO12. The van der Waals surface area contributed by atoms with E-state index < -0.39 is 29.2 Å². The number of hydrogen-bond acceptors (Lipinski definition) is 17. The van der Waals surface area contributed by atoms with Gasteiger partial charge >= 0.3 is 47.5 Å². The zero-order valence-corrected chi connectivity index (χ0v) is 50.0. The Bertz CT molecular complexity index is 3050. The van der Waals surface area contributed by atoms with Crippen LogP contribution in [0.5, 0.6) is 0 Å². The monoisotopic (exact) mass is 1140 g/mol. The van der Waals surface area contributed by atoms with Crippen LogP contribution in [0.2, 0.25) is 0 Å². The van der Waals surface area contributed by atoms with Gasteiger partial charge in [-0.15, -0.1) is 0 Å². The number of ether oxygens (including phenoxy) is 2. The Balaban J connectivity index is 0.000000194. The number of carbonyl (C=O) groups is 3. The standard InChI is InChI=1S/C32H42N4O6.C29H38N4O5.Na.H2O/c1-20(37)41-13-14-42-34-30(32(39)40-2)29-31(38)36(28-12-4-3-11-27(28)33-29)26-18-23-9-6-10-24(19-26)35(23)25-16-21-7-5-8-22(15-21)17-25;34-11-12-38-31-27(29(36)37)26-28(35)33(25-10-2-1-9-24(25)30-26)23-16-20-7-4-8-21(17-23)32(20)22-14-18-5-3-6-19(13-18)15-22;;/h3-4,11-12,21-26H,5-10,13-19H2,1-2H3;1-2,9-10,18-23,34H,3-8,11-17H2,(H,36,37);;1H2/q;;+1;/p-1/b34-30-;31-27-;;/t21?,22?,23-,24+,25?,26?;18?,19?,20-,21+,22?,23?;;. The Morgan fingerprint density at radius 3 is 1.37 bits per heavy atom. The van der Waals surface area contributed by atoms with Gasteiger partial charge < -0.3 is 44.0 Å². The number of aromatic nitrogens is 4. The average Bonchev–Trinajstić information content (AvgIpc) is 3.65. The van der Waals surface area contributed by atoms with E-state index in [9.17, 15) is 29.1 Å². The molecule has 2 aromatic carbocycles. The Morgan fingerprint density at radius 2 is 0.951 bits per heavy atom. The number of nitrogens with zero attached hydrogens (tertiary/aromatic N) is 8. The van der Waals surface area contributed by atoms with Crippen molar-refractivity contribution in [2.75, 3.05) is 33.5 Å². The number of aliphatic hydroxyl groups is 1. The number of hydrogen-bond donors (Lipinski definition) is 2. The van der Waals surface area contributed by atoms with Crippen LogP contribution in [0.3, 0.4) is 0 Å². The van der Waals surface area contributed by atoms with E-state index in [1.807, 2.05) is 47.0 Å². The summed E-state index contributed by atoms with van der Waals surface area (Å²) in [5.74, 6) is 0.860. The summed E-state index contributed by atoms with van der Waals surface area (Å²) < 4.78 is 13.5. The minimum Gasteiger partial charge on any atom is -0.870 e. The maximum atomic E-state index is 14.2. The number of oxime groups is 2. The van der Waals surface area contributed by atoms with Gasteiger partial charge in [0, 0.05) is 55.3 Å². The number of benzene rings is 2. The van der Waals surface area contributed by atoms with Crippen molar-refractivity contribution in [2.24, 2.45) is 34.0 Å². The summed E-state index contributed by atoms with van der Waals surface area (Å²) >= 11 is 0. The quantitative estimate of drug-likeness (QED) is 0.0526. The van der Waals surface area contributed by atoms with Gasteiger partial charge in [-0.3, -0.25) is 24.2 Å². The molecule has 20 nitrogen and oxygen atoms in total. The number of aliphatic carboxylic acids is 1. The van der Waals surface area contributed by atoms with E-state index in [1.54, 1.807) is 10.6 Å². The number of carbonyl (C=O) groups excluding carboxylic acids is 2. The van der Waals surface area contributed by atoms with Crippen LogP contribution in [0.15, 0.2) is 68.4 Å². The predicted molar refractivity (Wildman–Crippen MR) is 302 cm³/mol. The molecule has 12 rings (SSSR count). The molecule has 6 unspecified atom stereocenters. The molecule has 438 valence electrons. The minimum atomic E-state index is -1.39. The maximum Gasteiger partial charge on any atom is 1.00 e. The second-order valence-corrected chi connectivity index (χ2v) is 24.3. The molecule has 21 heteroatoms. The van der Waals surface area contributed by atoms with Crippen molar-refractivity contribution < 1.29 is 78.8 Å². The molecule has 0 radical (unpaired) electrons. The first-order valence-electron chi connectivity index (χ1n) is 30.0. The summed E-state index contributed by atoms with van der Waals surface area (Å²) in [5.41, 5.74) is 0.697. The Kier molecular flexibility index (Phi) is 20.8. The van der Waals surface area contributed by atoms with E-state index in [0.717, 1.165) is 86.1 Å². The van der Waals surface area contributed by atoms with Gasteiger partial charge in [0.1, 0.15) is 13.2 Å². The fourth-order valence-corrected chi connectivity index (χ4v) is 16.6. The van der Waals surface area contributed by atoms with Crippen LogP contribution in [0.25, 0.3) is 22.1 Å². The summed E-state index contributed by atoms with van der Waals surface area (Å²) in [6.45, 7) is 0.710. The van der Waals surface area contributed by atoms with E-state index in [2.05, 4.69) is 30.1 Å². The molecule has 4 saturated heterocycles. The first-order chi connectivity index (χ1) is 39.0. The van der Waals surface area contributed by atoms with Crippen LogP contribution >= 0.6 is 0 Å². The van der Waals surface area contributed by atoms with Crippen LogP contribution in [-0.2, 0) is 33.5 Å². The molecule has 0 spiro atoms. The van der Waals surface area contributed by atoms with Gasteiger partial charge in [0.2, 0.25) is 11.4 Å². The number of rotatable bonds is 15. The number of aliphatic hydroxyl groups excluding tert-OH is 1. The number of fused-ring (bicyclic) bond motifs is 10. The normalized spacial score (nSPS) is 29.9. The van der Waals surface area contributed by atoms with Gasteiger partial charge in [-0.05, 0) is 138 Å². The molecule has 4 aliphatic carbocycles. The zero-order valence-electron chi connectivity index (χ0n) is 48.0. The van der Waals surface area contributed by atoms with Crippen molar-refractivity contribution in [3.05, 3.63) is 80.6 Å². The van der Waals surface area contributed by atoms with E-state index in [1.165, 1.54) is 104 Å². The Morgan fingerprint density at radius 1 is 0.549 bits per heavy atom. The van der Waals surface area contributed by atoms with Crippen LogP contribution in [-0.4, -0.2) is 144 Å². The van der Waals surface area contributed by atoms with Gasteiger partial charge in [-0.25, -0.2) is 19.6 Å². The van der Waals surface area contributed by atoms with Gasteiger partial charge in [-0.1, -0.05) is 85.9 Å². The third-order valence-electron chi connectivity index (χ3n) is 19.4. The van der Waals surface area contributed by atoms with Crippen LogP contribution < -0.4 is 40.7 Å². The van der Waals surface area contributed by atoms with Crippen LogP contribution in [0.4, 0.5) is 0 Å². The second kappa shape index (κ2) is 27.7. The third-order valence-corrected chi connectivity index (χ3v) is 19.4. The predicted octanol–water partition coefficient (Wildman–Crippen LogP) is 4.93. The fourth-order valence-electron chi connectivity index (χ4n) is 16.6. The van der Waals surface area contributed by atoms with Crippen molar-refractivity contribution in [3.63, 3.8) is 0 Å². The van der Waals surface area contributed by atoms with Crippen LogP contribution in [0.1, 0.15) is 172 Å². The molecule has 8 fully saturated rings. The summed E-state index contributed by atoms with van der Waals surface area (Å²) in [6, 6.07) is 18.1. The fraction of sp³-hybridized carbons (Fsp3) is 0.656. The Hall–Kier alpha value is -5.09. The van der Waals surface area contributed by atoms with Crippen molar-refractivity contribution in [1.82, 2.24) is 28.9 Å². The SMILES string of the molecule is COC(=O)/C(=N\OCCOC(C)=O)c1nc2ccccc2n(C2C[C@H]3CCC[C@@H](C2)N3C2CC3CCCC(C3)C2)c1=O.O=C(O)/C(=N\OCCO)c1nc2ccccc2n(C2C[C@H]3CCC[C@@H](C2)N3C2CC3CCCC(C3)C2)c1=O.[Na+].[OH-]. The van der Waals surface area contributed by atoms with Gasteiger partial charge in [0.05, 0.1) is 35.8 Å². The topological polar surface area (TPSA) is 260 Å². The average molecular weight is 1140 g/mol. The maximum absolute atomic E-state index is 14.2. The molecule has 8 bridgehead atoms. The number of carboxylic acid groups (broad SMARTS) is 1. The van der Waals surface area contributed by atoms with Crippen molar-refractivity contribution in [3.8, 4) is 0 Å².